The molecule has 1 aliphatic carbocycles. The van der Waals surface area contributed by atoms with E-state index < -0.39 is 0 Å². The number of hydrogen-bond acceptors (Lipinski definition) is 3. The third-order valence-electron chi connectivity index (χ3n) is 10.5. The first-order chi connectivity index (χ1) is 26.7. The maximum Gasteiger partial charge on any atom is 0.0787 e. The van der Waals surface area contributed by atoms with Gasteiger partial charge in [-0.05, 0) is 95.1 Å². The molecule has 0 spiro atoms. The highest BCUT2D eigenvalue weighted by atomic mass is 15.1. The van der Waals surface area contributed by atoms with E-state index in [1.54, 1.807) is 0 Å². The lowest BCUT2D eigenvalue weighted by Gasteiger charge is -2.26. The van der Waals surface area contributed by atoms with Crippen molar-refractivity contribution >= 4 is 39.2 Å². The Kier molecular flexibility index (Phi) is 7.92. The topological polar surface area (TPSA) is 32.9 Å². The van der Waals surface area contributed by atoms with Gasteiger partial charge >= 0.3 is 0 Å². The number of dihydropyridines is 1. The van der Waals surface area contributed by atoms with Crippen LogP contribution in [0, 0.1) is 5.92 Å². The summed E-state index contributed by atoms with van der Waals surface area (Å²) in [5.41, 5.74) is 14.4. The van der Waals surface area contributed by atoms with Crippen LogP contribution in [0.5, 0.6) is 0 Å². The number of rotatable bonds is 7. The summed E-state index contributed by atoms with van der Waals surface area (Å²) in [6, 6.07) is 56.4. The van der Waals surface area contributed by atoms with E-state index in [-0.39, 0.29) is 6.04 Å². The van der Waals surface area contributed by atoms with Gasteiger partial charge in [-0.15, -0.1) is 0 Å². The molecule has 8 aromatic rings. The van der Waals surface area contributed by atoms with Crippen LogP contribution in [0.4, 0.5) is 17.1 Å². The maximum absolute atomic E-state index is 5.06. The number of allylic oxidation sites excluding steroid dienone is 3. The van der Waals surface area contributed by atoms with Gasteiger partial charge in [-0.25, -0.2) is 4.98 Å². The molecule has 4 heteroatoms. The molecule has 5 aromatic carbocycles. The van der Waals surface area contributed by atoms with Crippen molar-refractivity contribution in [2.24, 2.45) is 10.9 Å². The van der Waals surface area contributed by atoms with Gasteiger partial charge in [-0.2, -0.15) is 0 Å². The number of aliphatic imine (C=N–C) groups is 1. The molecule has 54 heavy (non-hydrogen) atoms. The van der Waals surface area contributed by atoms with Crippen molar-refractivity contribution in [2.75, 3.05) is 4.90 Å². The monoisotopic (exact) mass is 692 g/mol. The Balaban J connectivity index is 0.967. The summed E-state index contributed by atoms with van der Waals surface area (Å²) in [7, 11) is 0. The van der Waals surface area contributed by atoms with Crippen LogP contribution in [-0.4, -0.2) is 21.1 Å². The second kappa shape index (κ2) is 13.5. The van der Waals surface area contributed by atoms with Gasteiger partial charge in [0, 0.05) is 57.4 Å². The zero-order chi connectivity index (χ0) is 35.8. The van der Waals surface area contributed by atoms with Crippen molar-refractivity contribution in [1.82, 2.24) is 9.38 Å². The molecule has 4 nitrogen and oxygen atoms in total. The Labute approximate surface area is 315 Å². The minimum absolute atomic E-state index is 0.158. The first-order valence-corrected chi connectivity index (χ1v) is 18.5. The molecular weight excluding hydrogens is 657 g/mol. The fraction of sp³-hybridized carbons (Fsp3) is 0.0400. The molecule has 0 radical (unpaired) electrons. The zero-order valence-electron chi connectivity index (χ0n) is 29.6. The lowest BCUT2D eigenvalue weighted by molar-refractivity contribution is 0.680. The van der Waals surface area contributed by atoms with Gasteiger partial charge in [0.25, 0.3) is 0 Å². The molecule has 0 fully saturated rings. The predicted octanol–water partition coefficient (Wildman–Crippen LogP) is 12.4. The highest BCUT2D eigenvalue weighted by Gasteiger charge is 2.20. The largest absolute Gasteiger partial charge is 0.323 e. The molecule has 1 unspecified atom stereocenters. The molecule has 256 valence electrons. The highest BCUT2D eigenvalue weighted by Crippen LogP contribution is 2.37. The van der Waals surface area contributed by atoms with Crippen LogP contribution in [-0.2, 0) is 0 Å². The lowest BCUT2D eigenvalue weighted by Crippen LogP contribution is -2.20. The number of fused-ring (bicyclic) bond motifs is 3. The third kappa shape index (κ3) is 6.04. The molecule has 0 N–H and O–H groups in total. The summed E-state index contributed by atoms with van der Waals surface area (Å²) in [6.07, 6.45) is 17.3. The van der Waals surface area contributed by atoms with Gasteiger partial charge in [0.05, 0.1) is 23.0 Å². The van der Waals surface area contributed by atoms with Crippen molar-refractivity contribution in [1.29, 1.82) is 0 Å². The van der Waals surface area contributed by atoms with Crippen molar-refractivity contribution in [2.45, 2.75) is 6.04 Å². The first kappa shape index (κ1) is 31.7. The zero-order valence-corrected chi connectivity index (χ0v) is 29.6. The average Bonchev–Trinajstić information content (AvgIpc) is 3.69. The normalized spacial score (nSPS) is 16.0. The number of aromatic nitrogens is 2. The molecule has 0 saturated carbocycles. The van der Waals surface area contributed by atoms with Gasteiger partial charge in [0.2, 0.25) is 0 Å². The van der Waals surface area contributed by atoms with Gasteiger partial charge in [-0.1, -0.05) is 121 Å². The minimum atomic E-state index is 0.158. The van der Waals surface area contributed by atoms with Gasteiger partial charge in [0.15, 0.2) is 0 Å². The minimum Gasteiger partial charge on any atom is -0.323 e. The SMILES string of the molecule is C1=CC2N=C(c3ccc(N(c4ccc(-c5ccc(-c6cc7ccccn7c6)cc5)cc4)c4ccc(-c5ccc6ccccc6n5)cc4)cc3)C=C[C@@H]2C=C1. The van der Waals surface area contributed by atoms with E-state index in [9.17, 15) is 0 Å². The van der Waals surface area contributed by atoms with Crippen LogP contribution in [0.1, 0.15) is 5.56 Å². The van der Waals surface area contributed by atoms with E-state index in [0.29, 0.717) is 5.92 Å². The van der Waals surface area contributed by atoms with E-state index in [1.165, 1.54) is 27.8 Å². The van der Waals surface area contributed by atoms with Gasteiger partial charge in [0.1, 0.15) is 0 Å². The Bertz CT molecular complexity index is 2710. The molecule has 2 aliphatic rings. The Hall–Kier alpha value is -7.04. The van der Waals surface area contributed by atoms with Crippen molar-refractivity contribution in [3.63, 3.8) is 0 Å². The molecular formula is C50H36N4. The van der Waals surface area contributed by atoms with E-state index in [2.05, 4.69) is 210 Å². The fourth-order valence-electron chi connectivity index (χ4n) is 7.60. The highest BCUT2D eigenvalue weighted by molar-refractivity contribution is 6.09. The quantitative estimate of drug-likeness (QED) is 0.167. The molecule has 10 rings (SSSR count). The molecule has 3 aromatic heterocycles. The van der Waals surface area contributed by atoms with Crippen molar-refractivity contribution in [3.8, 4) is 33.5 Å². The summed E-state index contributed by atoms with van der Waals surface area (Å²) in [5, 5.41) is 1.14. The number of benzene rings is 5. The molecule has 4 heterocycles. The molecule has 0 amide bonds. The summed E-state index contributed by atoms with van der Waals surface area (Å²) >= 11 is 0. The number of para-hydroxylation sites is 1. The molecule has 0 saturated heterocycles. The molecule has 1 aliphatic heterocycles. The summed E-state index contributed by atoms with van der Waals surface area (Å²) in [6.45, 7) is 0. The second-order valence-corrected chi connectivity index (χ2v) is 13.9. The van der Waals surface area contributed by atoms with Crippen LogP contribution in [0.15, 0.2) is 212 Å². The number of anilines is 3. The number of nitrogens with zero attached hydrogens (tertiary/aromatic N) is 4. The van der Waals surface area contributed by atoms with E-state index in [0.717, 1.165) is 50.5 Å². The van der Waals surface area contributed by atoms with Crippen molar-refractivity contribution < 1.29 is 0 Å². The first-order valence-electron chi connectivity index (χ1n) is 18.5. The Morgan fingerprint density at radius 3 is 1.83 bits per heavy atom. The molecule has 0 bridgehead atoms. The summed E-state index contributed by atoms with van der Waals surface area (Å²) in [4.78, 5) is 12.3. The molecule has 2 atom stereocenters. The third-order valence-corrected chi connectivity index (χ3v) is 10.5. The fourth-order valence-corrected chi connectivity index (χ4v) is 7.60. The maximum atomic E-state index is 5.06. The van der Waals surface area contributed by atoms with Crippen molar-refractivity contribution in [3.05, 3.63) is 212 Å². The summed E-state index contributed by atoms with van der Waals surface area (Å²) < 4.78 is 2.16. The van der Waals surface area contributed by atoms with Gasteiger partial charge in [-0.3, -0.25) is 4.99 Å². The second-order valence-electron chi connectivity index (χ2n) is 13.9. The van der Waals surface area contributed by atoms with Crippen LogP contribution < -0.4 is 4.90 Å². The van der Waals surface area contributed by atoms with E-state index in [1.807, 2.05) is 6.07 Å². The van der Waals surface area contributed by atoms with Crippen LogP contribution in [0.3, 0.4) is 0 Å². The number of hydrogen-bond donors (Lipinski definition) is 0. The Morgan fingerprint density at radius 2 is 1.11 bits per heavy atom. The standard InChI is InChI=1S/C50H36N4/c1-3-10-47-38(7-1)22-30-49(51-47)40-18-26-44(27-19-40)54(45-28-20-41(21-29-45)50-31-23-39-8-2-4-11-48(39)52-50)43-24-16-36(17-25-43)35-12-14-37(15-13-35)42-33-46-9-5-6-32-53(46)34-42/h1-34,38,47H/t38-,47?/m0/s1. The predicted molar refractivity (Wildman–Crippen MR) is 225 cm³/mol. The van der Waals surface area contributed by atoms with Crippen LogP contribution in [0.25, 0.3) is 49.9 Å². The smallest absolute Gasteiger partial charge is 0.0787 e. The van der Waals surface area contributed by atoms with Gasteiger partial charge < -0.3 is 9.30 Å². The average molecular weight is 693 g/mol. The van der Waals surface area contributed by atoms with Crippen LogP contribution >= 0.6 is 0 Å². The van der Waals surface area contributed by atoms with Crippen LogP contribution in [0.2, 0.25) is 0 Å². The Morgan fingerprint density at radius 1 is 0.500 bits per heavy atom. The number of pyridine rings is 2. The lowest BCUT2D eigenvalue weighted by atomic mass is 9.91. The van der Waals surface area contributed by atoms with E-state index >= 15 is 0 Å². The summed E-state index contributed by atoms with van der Waals surface area (Å²) in [5.74, 6) is 0.336. The van der Waals surface area contributed by atoms with E-state index in [4.69, 9.17) is 9.98 Å².